The second-order valence-electron chi connectivity index (χ2n) is 3.70. The molecule has 1 aromatic heterocycles. The van der Waals surface area contributed by atoms with Crippen molar-refractivity contribution in [1.82, 2.24) is 14.8 Å². The van der Waals surface area contributed by atoms with Crippen molar-refractivity contribution in [1.29, 1.82) is 0 Å². The highest BCUT2D eigenvalue weighted by molar-refractivity contribution is 5.42. The molecule has 0 saturated heterocycles. The fourth-order valence-electron chi connectivity index (χ4n) is 1.56. The summed E-state index contributed by atoms with van der Waals surface area (Å²) in [7, 11) is 0. The molecule has 0 aliphatic rings. The first-order valence-electron chi connectivity index (χ1n) is 4.99. The molecule has 18 heavy (non-hydrogen) atoms. The number of nitrogens with two attached hydrogens (primary N) is 2. The van der Waals surface area contributed by atoms with Crippen LogP contribution in [0.1, 0.15) is 5.56 Å². The van der Waals surface area contributed by atoms with E-state index in [2.05, 4.69) is 10.1 Å². The topological polar surface area (TPSA) is 82.7 Å². The molecule has 4 N–H and O–H groups in total. The molecule has 0 radical (unpaired) electrons. The molecule has 8 heteroatoms. The van der Waals surface area contributed by atoms with Crippen LogP contribution in [0.25, 0.3) is 5.69 Å². The normalized spacial score (nSPS) is 11.7. The monoisotopic (exact) mass is 257 g/mol. The second-order valence-corrected chi connectivity index (χ2v) is 3.70. The average Bonchev–Trinajstić information content (AvgIpc) is 2.55. The Morgan fingerprint density at radius 3 is 2.50 bits per heavy atom. The highest BCUT2D eigenvalue weighted by Gasteiger charge is 2.27. The number of nitrogen functional groups attached to an aromatic ring is 2. The number of hydrogen-bond acceptors (Lipinski definition) is 4. The summed E-state index contributed by atoms with van der Waals surface area (Å²) in [4.78, 5) is 3.68. The van der Waals surface area contributed by atoms with E-state index in [0.29, 0.717) is 5.69 Å². The lowest BCUT2D eigenvalue weighted by Gasteiger charge is -2.08. The number of benzene rings is 1. The SMILES string of the molecule is Nc1nc(N)n(-c2cccc(CC(F)(F)F)c2)n1. The maximum Gasteiger partial charge on any atom is 0.393 e. The smallest absolute Gasteiger partial charge is 0.368 e. The minimum absolute atomic E-state index is 0.0247. The summed E-state index contributed by atoms with van der Waals surface area (Å²) < 4.78 is 38.0. The minimum Gasteiger partial charge on any atom is -0.368 e. The Kier molecular flexibility index (Phi) is 2.85. The Morgan fingerprint density at radius 1 is 1.22 bits per heavy atom. The Labute approximate surface area is 100 Å². The highest BCUT2D eigenvalue weighted by atomic mass is 19.4. The molecule has 1 aromatic carbocycles. The van der Waals surface area contributed by atoms with Crippen molar-refractivity contribution in [2.45, 2.75) is 12.6 Å². The summed E-state index contributed by atoms with van der Waals surface area (Å²) in [6.45, 7) is 0. The van der Waals surface area contributed by atoms with Crippen LogP contribution in [0.2, 0.25) is 0 Å². The van der Waals surface area contributed by atoms with Gasteiger partial charge in [0.15, 0.2) is 0 Å². The molecular weight excluding hydrogens is 247 g/mol. The zero-order valence-corrected chi connectivity index (χ0v) is 9.15. The maximum absolute atomic E-state index is 12.3. The van der Waals surface area contributed by atoms with Crippen molar-refractivity contribution < 1.29 is 13.2 Å². The fourth-order valence-corrected chi connectivity index (χ4v) is 1.56. The molecule has 2 rings (SSSR count). The van der Waals surface area contributed by atoms with E-state index >= 15 is 0 Å². The summed E-state index contributed by atoms with van der Waals surface area (Å²) in [5.74, 6) is -0.00890. The van der Waals surface area contributed by atoms with Crippen molar-refractivity contribution in [3.05, 3.63) is 29.8 Å². The molecule has 0 saturated carbocycles. The first-order chi connectivity index (χ1) is 8.35. The first-order valence-corrected chi connectivity index (χ1v) is 4.99. The molecule has 0 fully saturated rings. The molecule has 2 aromatic rings. The Morgan fingerprint density at radius 2 is 1.94 bits per heavy atom. The van der Waals surface area contributed by atoms with Crippen molar-refractivity contribution in [2.24, 2.45) is 0 Å². The molecule has 0 bridgehead atoms. The molecule has 0 aliphatic carbocycles. The van der Waals surface area contributed by atoms with Crippen LogP contribution in [0.15, 0.2) is 24.3 Å². The van der Waals surface area contributed by atoms with Crippen LogP contribution in [-0.2, 0) is 6.42 Å². The van der Waals surface area contributed by atoms with Crippen LogP contribution in [0.5, 0.6) is 0 Å². The van der Waals surface area contributed by atoms with E-state index in [1.807, 2.05) is 0 Å². The third-order valence-corrected chi connectivity index (χ3v) is 2.21. The van der Waals surface area contributed by atoms with Gasteiger partial charge in [-0.25, -0.2) is 0 Å². The fraction of sp³-hybridized carbons (Fsp3) is 0.200. The Balaban J connectivity index is 2.36. The number of nitrogens with zero attached hydrogens (tertiary/aromatic N) is 3. The van der Waals surface area contributed by atoms with Crippen molar-refractivity contribution in [3.63, 3.8) is 0 Å². The van der Waals surface area contributed by atoms with Gasteiger partial charge in [-0.15, -0.1) is 5.10 Å². The number of alkyl halides is 3. The van der Waals surface area contributed by atoms with E-state index in [1.165, 1.54) is 22.9 Å². The van der Waals surface area contributed by atoms with Crippen LogP contribution in [0.3, 0.4) is 0 Å². The van der Waals surface area contributed by atoms with E-state index in [0.717, 1.165) is 0 Å². The average molecular weight is 257 g/mol. The van der Waals surface area contributed by atoms with Gasteiger partial charge in [-0.2, -0.15) is 22.8 Å². The maximum atomic E-state index is 12.3. The van der Waals surface area contributed by atoms with E-state index in [4.69, 9.17) is 11.5 Å². The van der Waals surface area contributed by atoms with Gasteiger partial charge in [0.2, 0.25) is 11.9 Å². The summed E-state index contributed by atoms with van der Waals surface area (Å²) in [5, 5.41) is 3.80. The predicted molar refractivity (Wildman–Crippen MR) is 59.9 cm³/mol. The van der Waals surface area contributed by atoms with Gasteiger partial charge in [0.25, 0.3) is 0 Å². The highest BCUT2D eigenvalue weighted by Crippen LogP contribution is 2.23. The zero-order valence-electron chi connectivity index (χ0n) is 9.15. The van der Waals surface area contributed by atoms with Crippen LogP contribution in [0, 0.1) is 0 Å². The van der Waals surface area contributed by atoms with E-state index < -0.39 is 12.6 Å². The van der Waals surface area contributed by atoms with Crippen molar-refractivity contribution >= 4 is 11.9 Å². The summed E-state index contributed by atoms with van der Waals surface area (Å²) in [6, 6.07) is 5.80. The lowest BCUT2D eigenvalue weighted by Crippen LogP contribution is -2.12. The van der Waals surface area contributed by atoms with Gasteiger partial charge < -0.3 is 11.5 Å². The molecule has 0 amide bonds. The summed E-state index contributed by atoms with van der Waals surface area (Å²) >= 11 is 0. The summed E-state index contributed by atoms with van der Waals surface area (Å²) in [5.41, 5.74) is 11.4. The minimum atomic E-state index is -4.26. The number of halogens is 3. The number of aromatic nitrogens is 3. The van der Waals surface area contributed by atoms with Gasteiger partial charge in [0, 0.05) is 0 Å². The molecular formula is C10H10F3N5. The predicted octanol–water partition coefficient (Wildman–Crippen LogP) is 1.54. The van der Waals surface area contributed by atoms with E-state index in [1.54, 1.807) is 6.07 Å². The Bertz CT molecular complexity index is 561. The van der Waals surface area contributed by atoms with Crippen LogP contribution in [0.4, 0.5) is 25.1 Å². The molecule has 0 atom stereocenters. The molecule has 1 heterocycles. The van der Waals surface area contributed by atoms with Gasteiger partial charge in [0.05, 0.1) is 12.1 Å². The quantitative estimate of drug-likeness (QED) is 0.854. The summed E-state index contributed by atoms with van der Waals surface area (Å²) in [6.07, 6.45) is -5.27. The van der Waals surface area contributed by atoms with Gasteiger partial charge in [-0.05, 0) is 17.7 Å². The van der Waals surface area contributed by atoms with Gasteiger partial charge in [0.1, 0.15) is 0 Å². The lowest BCUT2D eigenvalue weighted by atomic mass is 10.1. The third kappa shape index (κ3) is 2.70. The number of hydrogen-bond donors (Lipinski definition) is 2. The van der Waals surface area contributed by atoms with Gasteiger partial charge >= 0.3 is 6.18 Å². The molecule has 96 valence electrons. The van der Waals surface area contributed by atoms with E-state index in [9.17, 15) is 13.2 Å². The van der Waals surface area contributed by atoms with Crippen LogP contribution in [-0.4, -0.2) is 20.9 Å². The molecule has 0 aliphatic heterocycles. The number of rotatable bonds is 2. The largest absolute Gasteiger partial charge is 0.393 e. The molecule has 5 nitrogen and oxygen atoms in total. The first kappa shape index (κ1) is 12.2. The Hall–Kier alpha value is -2.25. The van der Waals surface area contributed by atoms with Gasteiger partial charge in [-0.1, -0.05) is 12.1 Å². The van der Waals surface area contributed by atoms with Crippen LogP contribution < -0.4 is 11.5 Å². The van der Waals surface area contributed by atoms with Crippen molar-refractivity contribution in [3.8, 4) is 5.69 Å². The molecule has 0 unspecified atom stereocenters. The second kappa shape index (κ2) is 4.21. The van der Waals surface area contributed by atoms with E-state index in [-0.39, 0.29) is 17.5 Å². The van der Waals surface area contributed by atoms with Crippen LogP contribution >= 0.6 is 0 Å². The molecule has 0 spiro atoms. The zero-order chi connectivity index (χ0) is 13.3. The number of anilines is 2. The standard InChI is InChI=1S/C10H10F3N5/c11-10(12,13)5-6-2-1-3-7(4-6)18-9(15)16-8(14)17-18/h1-4H,5H2,(H4,14,15,16,17). The van der Waals surface area contributed by atoms with Crippen molar-refractivity contribution in [2.75, 3.05) is 11.5 Å². The lowest BCUT2D eigenvalue weighted by molar-refractivity contribution is -0.127. The third-order valence-electron chi connectivity index (χ3n) is 2.21. The van der Waals surface area contributed by atoms with Gasteiger partial charge in [-0.3, -0.25) is 0 Å².